The molecule has 2 nitrogen and oxygen atoms in total. The van der Waals surface area contributed by atoms with Crippen molar-refractivity contribution in [3.05, 3.63) is 35.4 Å². The van der Waals surface area contributed by atoms with Gasteiger partial charge in [0.25, 0.3) is 0 Å². The smallest absolute Gasteiger partial charge is 0.0576 e. The zero-order valence-corrected chi connectivity index (χ0v) is 12.3. The molecular formula is C17H27NO. The monoisotopic (exact) mass is 261 g/mol. The van der Waals surface area contributed by atoms with Gasteiger partial charge >= 0.3 is 0 Å². The molecule has 0 amide bonds. The molecule has 1 aliphatic heterocycles. The number of benzene rings is 1. The minimum absolute atomic E-state index is 0.538. The molecule has 1 fully saturated rings. The Labute approximate surface area is 117 Å². The van der Waals surface area contributed by atoms with Crippen LogP contribution in [0.3, 0.4) is 0 Å². The lowest BCUT2D eigenvalue weighted by molar-refractivity contribution is 0.101. The van der Waals surface area contributed by atoms with Crippen molar-refractivity contribution >= 4 is 0 Å². The Kier molecular flexibility index (Phi) is 5.87. The third kappa shape index (κ3) is 4.63. The zero-order chi connectivity index (χ0) is 13.5. The van der Waals surface area contributed by atoms with E-state index in [9.17, 15) is 0 Å². The number of rotatable bonds is 7. The van der Waals surface area contributed by atoms with E-state index in [-0.39, 0.29) is 0 Å². The molecule has 1 saturated heterocycles. The van der Waals surface area contributed by atoms with E-state index in [2.05, 4.69) is 43.6 Å². The average molecular weight is 261 g/mol. The molecule has 1 aromatic rings. The summed E-state index contributed by atoms with van der Waals surface area (Å²) in [6.07, 6.45) is 7.93. The first-order chi connectivity index (χ1) is 9.29. The topological polar surface area (TPSA) is 21.3 Å². The van der Waals surface area contributed by atoms with Crippen molar-refractivity contribution < 1.29 is 4.74 Å². The first-order valence-corrected chi connectivity index (χ1v) is 7.63. The third-order valence-corrected chi connectivity index (χ3v) is 4.24. The molecular weight excluding hydrogens is 234 g/mol. The van der Waals surface area contributed by atoms with Gasteiger partial charge in [0.05, 0.1) is 6.10 Å². The van der Waals surface area contributed by atoms with E-state index in [0.29, 0.717) is 12.1 Å². The predicted octanol–water partition coefficient (Wildman–Crippen LogP) is 3.47. The van der Waals surface area contributed by atoms with Crippen LogP contribution in [0.2, 0.25) is 0 Å². The van der Waals surface area contributed by atoms with Gasteiger partial charge in [0, 0.05) is 12.6 Å². The van der Waals surface area contributed by atoms with Crippen molar-refractivity contribution in [2.75, 3.05) is 13.7 Å². The highest BCUT2D eigenvalue weighted by molar-refractivity contribution is 5.26. The summed E-state index contributed by atoms with van der Waals surface area (Å²) in [6, 6.07) is 9.29. The van der Waals surface area contributed by atoms with E-state index in [1.54, 1.807) is 0 Å². The summed E-state index contributed by atoms with van der Waals surface area (Å²) in [5, 5.41) is 3.46. The van der Waals surface area contributed by atoms with Crippen molar-refractivity contribution in [3.63, 3.8) is 0 Å². The maximum Gasteiger partial charge on any atom is 0.0576 e. The molecule has 106 valence electrons. The fourth-order valence-electron chi connectivity index (χ4n) is 2.92. The van der Waals surface area contributed by atoms with Crippen LogP contribution in [-0.2, 0) is 11.2 Å². The fourth-order valence-corrected chi connectivity index (χ4v) is 2.92. The van der Waals surface area contributed by atoms with Crippen LogP contribution in [0.25, 0.3) is 0 Å². The van der Waals surface area contributed by atoms with Crippen molar-refractivity contribution in [2.45, 2.75) is 57.6 Å². The highest BCUT2D eigenvalue weighted by Gasteiger charge is 2.16. The second kappa shape index (κ2) is 7.66. The van der Waals surface area contributed by atoms with Gasteiger partial charge in [-0.2, -0.15) is 0 Å². The summed E-state index contributed by atoms with van der Waals surface area (Å²) in [6.45, 7) is 3.18. The standard InChI is InChI=1S/C17H27NO/c1-14-7-3-4-8-15(14)13-16(18-2)9-5-10-17-11-6-12-19-17/h3-4,7-8,16-18H,5-6,9-13H2,1-2H3. The molecule has 2 rings (SSSR count). The Bertz CT molecular complexity index is 371. The predicted molar refractivity (Wildman–Crippen MR) is 80.6 cm³/mol. The molecule has 2 atom stereocenters. The van der Waals surface area contributed by atoms with Crippen LogP contribution in [0.1, 0.15) is 43.2 Å². The molecule has 0 bridgehead atoms. The van der Waals surface area contributed by atoms with E-state index in [4.69, 9.17) is 4.74 Å². The second-order valence-corrected chi connectivity index (χ2v) is 5.68. The summed E-state index contributed by atoms with van der Waals surface area (Å²) in [7, 11) is 2.08. The van der Waals surface area contributed by atoms with Crippen molar-refractivity contribution in [1.82, 2.24) is 5.32 Å². The fraction of sp³-hybridized carbons (Fsp3) is 0.647. The Morgan fingerprint density at radius 3 is 2.89 bits per heavy atom. The summed E-state index contributed by atoms with van der Waals surface area (Å²) in [5.41, 5.74) is 2.88. The number of likely N-dealkylation sites (N-methyl/N-ethyl adjacent to an activating group) is 1. The van der Waals surface area contributed by atoms with Gasteiger partial charge < -0.3 is 10.1 Å². The lowest BCUT2D eigenvalue weighted by Gasteiger charge is -2.18. The van der Waals surface area contributed by atoms with E-state index in [1.807, 2.05) is 0 Å². The van der Waals surface area contributed by atoms with Gasteiger partial charge in [-0.05, 0) is 63.6 Å². The first kappa shape index (κ1) is 14.5. The van der Waals surface area contributed by atoms with Gasteiger partial charge in [-0.1, -0.05) is 24.3 Å². The lowest BCUT2D eigenvalue weighted by Crippen LogP contribution is -2.28. The molecule has 1 heterocycles. The first-order valence-electron chi connectivity index (χ1n) is 7.63. The number of aryl methyl sites for hydroxylation is 1. The molecule has 1 aliphatic rings. The summed E-state index contributed by atoms with van der Waals surface area (Å²) >= 11 is 0. The maximum atomic E-state index is 5.69. The molecule has 1 N–H and O–H groups in total. The third-order valence-electron chi connectivity index (χ3n) is 4.24. The van der Waals surface area contributed by atoms with Crippen LogP contribution in [0, 0.1) is 6.92 Å². The molecule has 0 radical (unpaired) electrons. The van der Waals surface area contributed by atoms with Gasteiger partial charge in [0.1, 0.15) is 0 Å². The van der Waals surface area contributed by atoms with Crippen molar-refractivity contribution in [1.29, 1.82) is 0 Å². The van der Waals surface area contributed by atoms with Crippen LogP contribution in [0.4, 0.5) is 0 Å². The molecule has 2 unspecified atom stereocenters. The molecule has 0 saturated carbocycles. The molecule has 0 aliphatic carbocycles. The van der Waals surface area contributed by atoms with E-state index in [0.717, 1.165) is 13.0 Å². The van der Waals surface area contributed by atoms with Gasteiger partial charge in [-0.15, -0.1) is 0 Å². The summed E-state index contributed by atoms with van der Waals surface area (Å²) in [4.78, 5) is 0. The Balaban J connectivity index is 1.75. The molecule has 19 heavy (non-hydrogen) atoms. The Morgan fingerprint density at radius 1 is 1.37 bits per heavy atom. The highest BCUT2D eigenvalue weighted by Crippen LogP contribution is 2.19. The van der Waals surface area contributed by atoms with Gasteiger partial charge in [-0.3, -0.25) is 0 Å². The van der Waals surface area contributed by atoms with Crippen molar-refractivity contribution in [3.8, 4) is 0 Å². The molecule has 2 heteroatoms. The zero-order valence-electron chi connectivity index (χ0n) is 12.3. The van der Waals surface area contributed by atoms with Gasteiger partial charge in [0.2, 0.25) is 0 Å². The lowest BCUT2D eigenvalue weighted by atomic mass is 9.97. The number of hydrogen-bond acceptors (Lipinski definition) is 2. The van der Waals surface area contributed by atoms with Crippen LogP contribution in [-0.4, -0.2) is 25.8 Å². The molecule has 0 spiro atoms. The van der Waals surface area contributed by atoms with Crippen molar-refractivity contribution in [2.24, 2.45) is 0 Å². The normalized spacial score (nSPS) is 20.6. The van der Waals surface area contributed by atoms with E-state index in [1.165, 1.54) is 43.2 Å². The Morgan fingerprint density at radius 2 is 2.21 bits per heavy atom. The molecule has 1 aromatic carbocycles. The quantitative estimate of drug-likeness (QED) is 0.811. The van der Waals surface area contributed by atoms with Crippen LogP contribution >= 0.6 is 0 Å². The minimum Gasteiger partial charge on any atom is -0.378 e. The van der Waals surface area contributed by atoms with Crippen LogP contribution in [0.5, 0.6) is 0 Å². The summed E-state index contributed by atoms with van der Waals surface area (Å²) in [5.74, 6) is 0. The summed E-state index contributed by atoms with van der Waals surface area (Å²) < 4.78 is 5.69. The SMILES string of the molecule is CNC(CCCC1CCCO1)Cc1ccccc1C. The average Bonchev–Trinajstić information content (AvgIpc) is 2.93. The number of nitrogens with one attached hydrogen (secondary N) is 1. The number of ether oxygens (including phenoxy) is 1. The number of hydrogen-bond donors (Lipinski definition) is 1. The largest absolute Gasteiger partial charge is 0.378 e. The van der Waals surface area contributed by atoms with Crippen LogP contribution < -0.4 is 5.32 Å². The van der Waals surface area contributed by atoms with Gasteiger partial charge in [0.15, 0.2) is 0 Å². The second-order valence-electron chi connectivity index (χ2n) is 5.68. The highest BCUT2D eigenvalue weighted by atomic mass is 16.5. The minimum atomic E-state index is 0.538. The van der Waals surface area contributed by atoms with Crippen LogP contribution in [0.15, 0.2) is 24.3 Å². The molecule has 0 aromatic heterocycles. The van der Waals surface area contributed by atoms with Gasteiger partial charge in [-0.25, -0.2) is 0 Å². The van der Waals surface area contributed by atoms with E-state index >= 15 is 0 Å². The van der Waals surface area contributed by atoms with E-state index < -0.39 is 0 Å². The maximum absolute atomic E-state index is 5.69. The Hall–Kier alpha value is -0.860.